The highest BCUT2D eigenvalue weighted by Gasteiger charge is 2.41. The molecule has 1 aromatic rings. The smallest absolute Gasteiger partial charge is 0.181 e. The number of hydrogen-bond donors (Lipinski definition) is 1. The molecule has 2 aliphatic rings. The molecule has 0 heterocycles. The largest absolute Gasteiger partial charge is 0.497 e. The number of benzene rings is 1. The summed E-state index contributed by atoms with van der Waals surface area (Å²) in [6, 6.07) is 7.42. The summed E-state index contributed by atoms with van der Waals surface area (Å²) in [5, 5.41) is 10.1. The van der Waals surface area contributed by atoms with E-state index in [0.29, 0.717) is 5.92 Å². The summed E-state index contributed by atoms with van der Waals surface area (Å²) in [6.45, 7) is 0. The van der Waals surface area contributed by atoms with Crippen molar-refractivity contribution in [1.82, 2.24) is 0 Å². The van der Waals surface area contributed by atoms with Crippen LogP contribution in [0.2, 0.25) is 0 Å². The molecular weight excluding hydrogens is 228 g/mol. The summed E-state index contributed by atoms with van der Waals surface area (Å²) < 4.78 is 10.9. The second-order valence-electron chi connectivity index (χ2n) is 5.47. The van der Waals surface area contributed by atoms with E-state index >= 15 is 0 Å². The molecule has 4 atom stereocenters. The molecule has 3 heteroatoms. The predicted octanol–water partition coefficient (Wildman–Crippen LogP) is 2.89. The highest BCUT2D eigenvalue weighted by atomic mass is 16.6. The van der Waals surface area contributed by atoms with E-state index in [1.165, 1.54) is 19.3 Å². The van der Waals surface area contributed by atoms with Gasteiger partial charge in [-0.1, -0.05) is 12.1 Å². The molecular formula is C15H20O3. The zero-order valence-electron chi connectivity index (χ0n) is 10.7. The maximum atomic E-state index is 10.1. The minimum Gasteiger partial charge on any atom is -0.497 e. The lowest BCUT2D eigenvalue weighted by molar-refractivity contribution is -0.153. The summed E-state index contributed by atoms with van der Waals surface area (Å²) in [5.74, 6) is 2.30. The van der Waals surface area contributed by atoms with Crippen molar-refractivity contribution in [3.63, 3.8) is 0 Å². The van der Waals surface area contributed by atoms with E-state index < -0.39 is 6.29 Å². The normalized spacial score (nSPS) is 31.6. The number of ether oxygens (including phenoxy) is 2. The number of aliphatic hydroxyl groups excluding tert-OH is 1. The number of methoxy groups -OCH3 is 1. The molecule has 1 aromatic carbocycles. The van der Waals surface area contributed by atoms with Crippen LogP contribution in [0.1, 0.15) is 37.5 Å². The van der Waals surface area contributed by atoms with E-state index in [1.54, 1.807) is 7.11 Å². The highest BCUT2D eigenvalue weighted by Crippen LogP contribution is 2.46. The van der Waals surface area contributed by atoms with Gasteiger partial charge in [-0.15, -0.1) is 0 Å². The fourth-order valence-corrected chi connectivity index (χ4v) is 3.37. The molecule has 18 heavy (non-hydrogen) atoms. The van der Waals surface area contributed by atoms with Crippen LogP contribution in [0, 0.1) is 11.8 Å². The molecule has 1 N–H and O–H groups in total. The van der Waals surface area contributed by atoms with Crippen molar-refractivity contribution >= 4 is 0 Å². The molecule has 2 fully saturated rings. The lowest BCUT2D eigenvalue weighted by Crippen LogP contribution is -2.22. The van der Waals surface area contributed by atoms with Gasteiger partial charge in [0.25, 0.3) is 0 Å². The first-order valence-electron chi connectivity index (χ1n) is 6.73. The first kappa shape index (κ1) is 12.0. The van der Waals surface area contributed by atoms with Crippen LogP contribution in [-0.4, -0.2) is 18.3 Å². The summed E-state index contributed by atoms with van der Waals surface area (Å²) in [7, 11) is 1.64. The third-order valence-corrected chi connectivity index (χ3v) is 4.38. The lowest BCUT2D eigenvalue weighted by Gasteiger charge is -2.25. The Kier molecular flexibility index (Phi) is 3.27. The Bertz CT molecular complexity index is 401. The van der Waals surface area contributed by atoms with Gasteiger partial charge in [0.05, 0.1) is 13.2 Å². The summed E-state index contributed by atoms with van der Waals surface area (Å²) in [4.78, 5) is 0. The van der Waals surface area contributed by atoms with Crippen LogP contribution in [0.15, 0.2) is 24.3 Å². The van der Waals surface area contributed by atoms with E-state index in [4.69, 9.17) is 9.47 Å². The van der Waals surface area contributed by atoms with Crippen molar-refractivity contribution in [2.45, 2.75) is 38.1 Å². The zero-order chi connectivity index (χ0) is 12.5. The molecule has 0 aliphatic heterocycles. The van der Waals surface area contributed by atoms with Gasteiger partial charge in [-0.3, -0.25) is 0 Å². The van der Waals surface area contributed by atoms with Gasteiger partial charge in [-0.05, 0) is 49.7 Å². The van der Waals surface area contributed by atoms with Crippen molar-refractivity contribution < 1.29 is 14.6 Å². The van der Waals surface area contributed by atoms with E-state index in [1.807, 2.05) is 24.3 Å². The van der Waals surface area contributed by atoms with Gasteiger partial charge >= 0.3 is 0 Å². The fourth-order valence-electron chi connectivity index (χ4n) is 3.37. The number of aliphatic hydroxyl groups is 1. The van der Waals surface area contributed by atoms with Crippen LogP contribution < -0.4 is 4.74 Å². The van der Waals surface area contributed by atoms with Crippen molar-refractivity contribution in [3.8, 4) is 5.75 Å². The topological polar surface area (TPSA) is 38.7 Å². The fraction of sp³-hybridized carbons (Fsp3) is 0.600. The maximum Gasteiger partial charge on any atom is 0.181 e. The van der Waals surface area contributed by atoms with Gasteiger partial charge in [0.15, 0.2) is 6.29 Å². The van der Waals surface area contributed by atoms with Crippen LogP contribution in [0.4, 0.5) is 0 Å². The molecule has 98 valence electrons. The minimum absolute atomic E-state index is 0.251. The Morgan fingerprint density at radius 2 is 1.94 bits per heavy atom. The van der Waals surface area contributed by atoms with Gasteiger partial charge in [-0.25, -0.2) is 0 Å². The average molecular weight is 248 g/mol. The second-order valence-corrected chi connectivity index (χ2v) is 5.47. The SMILES string of the molecule is COc1ccc(C(O)OC2CC3CCC2C3)cc1. The van der Waals surface area contributed by atoms with Crippen molar-refractivity contribution in [2.24, 2.45) is 11.8 Å². The summed E-state index contributed by atoms with van der Waals surface area (Å²) in [5.41, 5.74) is 0.804. The molecule has 0 amide bonds. The number of hydrogen-bond acceptors (Lipinski definition) is 3. The Morgan fingerprint density at radius 1 is 1.17 bits per heavy atom. The monoisotopic (exact) mass is 248 g/mol. The van der Waals surface area contributed by atoms with Crippen LogP contribution in [0.25, 0.3) is 0 Å². The van der Waals surface area contributed by atoms with E-state index in [9.17, 15) is 5.11 Å². The minimum atomic E-state index is -0.805. The zero-order valence-corrected chi connectivity index (χ0v) is 10.7. The first-order chi connectivity index (χ1) is 8.76. The lowest BCUT2D eigenvalue weighted by atomic mass is 9.97. The predicted molar refractivity (Wildman–Crippen MR) is 68.3 cm³/mol. The first-order valence-corrected chi connectivity index (χ1v) is 6.73. The standard InChI is InChI=1S/C15H20O3/c1-17-13-6-4-11(5-7-13)15(16)18-14-9-10-2-3-12(14)8-10/h4-7,10,12,14-16H,2-3,8-9H2,1H3. The number of rotatable bonds is 4. The molecule has 3 rings (SSSR count). The molecule has 4 unspecified atom stereocenters. The molecule has 2 aliphatic carbocycles. The van der Waals surface area contributed by atoms with Crippen molar-refractivity contribution in [3.05, 3.63) is 29.8 Å². The van der Waals surface area contributed by atoms with Crippen LogP contribution in [0.5, 0.6) is 5.75 Å². The van der Waals surface area contributed by atoms with Crippen molar-refractivity contribution in [2.75, 3.05) is 7.11 Å². The van der Waals surface area contributed by atoms with Crippen LogP contribution in [0.3, 0.4) is 0 Å². The van der Waals surface area contributed by atoms with Crippen molar-refractivity contribution in [1.29, 1.82) is 0 Å². The molecule has 2 bridgehead atoms. The molecule has 0 radical (unpaired) electrons. The quantitative estimate of drug-likeness (QED) is 0.833. The molecule has 2 saturated carbocycles. The molecule has 0 saturated heterocycles. The second kappa shape index (κ2) is 4.90. The Hall–Kier alpha value is -1.06. The van der Waals surface area contributed by atoms with Crippen LogP contribution in [-0.2, 0) is 4.74 Å². The van der Waals surface area contributed by atoms with Gasteiger partial charge in [0.1, 0.15) is 5.75 Å². The highest BCUT2D eigenvalue weighted by molar-refractivity contribution is 5.27. The molecule has 0 aromatic heterocycles. The third kappa shape index (κ3) is 2.25. The van der Waals surface area contributed by atoms with Gasteiger partial charge in [-0.2, -0.15) is 0 Å². The van der Waals surface area contributed by atoms with E-state index in [-0.39, 0.29) is 6.10 Å². The molecule has 0 spiro atoms. The summed E-state index contributed by atoms with van der Waals surface area (Å²) in [6.07, 6.45) is 4.48. The van der Waals surface area contributed by atoms with Gasteiger partial charge in [0.2, 0.25) is 0 Å². The van der Waals surface area contributed by atoms with Crippen LogP contribution >= 0.6 is 0 Å². The van der Waals surface area contributed by atoms with E-state index in [2.05, 4.69) is 0 Å². The van der Waals surface area contributed by atoms with E-state index in [0.717, 1.165) is 23.7 Å². The Balaban J connectivity index is 1.62. The maximum absolute atomic E-state index is 10.1. The molecule has 3 nitrogen and oxygen atoms in total. The average Bonchev–Trinajstić information content (AvgIpc) is 3.01. The summed E-state index contributed by atoms with van der Waals surface area (Å²) >= 11 is 0. The Morgan fingerprint density at radius 3 is 2.50 bits per heavy atom. The number of fused-ring (bicyclic) bond motifs is 2. The van der Waals surface area contributed by atoms with Gasteiger partial charge < -0.3 is 14.6 Å². The van der Waals surface area contributed by atoms with Gasteiger partial charge in [0, 0.05) is 5.56 Å². The Labute approximate surface area is 108 Å². The third-order valence-electron chi connectivity index (χ3n) is 4.38.